The third-order valence-electron chi connectivity index (χ3n) is 6.77. The molecule has 1 saturated heterocycles. The maximum Gasteiger partial charge on any atom is 0.238 e. The summed E-state index contributed by atoms with van der Waals surface area (Å²) in [5, 5.41) is 3.04. The topological polar surface area (TPSA) is 57.6 Å². The Hall–Kier alpha value is -2.44. The van der Waals surface area contributed by atoms with E-state index in [-0.39, 0.29) is 11.7 Å². The summed E-state index contributed by atoms with van der Waals surface area (Å²) in [6, 6.07) is 8.62. The molecule has 1 aromatic carbocycles. The second-order valence-electron chi connectivity index (χ2n) is 9.16. The molecule has 1 saturated carbocycles. The molecule has 6 heteroatoms. The lowest BCUT2D eigenvalue weighted by Crippen LogP contribution is -2.49. The lowest BCUT2D eigenvalue weighted by Gasteiger charge is -2.33. The normalized spacial score (nSPS) is 17.7. The summed E-state index contributed by atoms with van der Waals surface area (Å²) in [5.41, 5.74) is 6.36. The van der Waals surface area contributed by atoms with Crippen molar-refractivity contribution in [3.63, 3.8) is 0 Å². The molecule has 2 aliphatic rings. The molecule has 1 aliphatic carbocycles. The van der Waals surface area contributed by atoms with Crippen LogP contribution in [0.1, 0.15) is 51.8 Å². The van der Waals surface area contributed by atoms with E-state index >= 15 is 0 Å². The van der Waals surface area contributed by atoms with Crippen molar-refractivity contribution in [2.75, 3.05) is 44.6 Å². The van der Waals surface area contributed by atoms with E-state index in [4.69, 9.17) is 0 Å². The maximum absolute atomic E-state index is 12.9. The average molecular weight is 423 g/mol. The number of benzene rings is 1. The molecule has 2 heterocycles. The monoisotopic (exact) mass is 422 g/mol. The molecule has 0 atom stereocenters. The molecule has 0 bridgehead atoms. The van der Waals surface area contributed by atoms with Crippen molar-refractivity contribution in [1.82, 2.24) is 14.4 Å². The standard InChI is InChI=1S/C25H34N4O2/c1-17-6-5-7-23(19(17)3)26-25(31)16-28-12-10-27(11-13-28)15-24(30)22-14-18(2)29(20(22)4)21-8-9-21/h5-7,14,21H,8-13,15-16H2,1-4H3,(H,26,31). The molecule has 166 valence electrons. The fraction of sp³-hybridized carbons (Fsp3) is 0.520. The second kappa shape index (κ2) is 8.97. The summed E-state index contributed by atoms with van der Waals surface area (Å²) in [6.07, 6.45) is 2.45. The number of Topliss-reactive ketones (excluding diaryl/α,β-unsaturated/α-hetero) is 1. The molecule has 1 aromatic heterocycles. The van der Waals surface area contributed by atoms with Gasteiger partial charge in [-0.25, -0.2) is 0 Å². The van der Waals surface area contributed by atoms with Gasteiger partial charge in [-0.1, -0.05) is 12.1 Å². The minimum absolute atomic E-state index is 0.0192. The summed E-state index contributed by atoms with van der Waals surface area (Å²) in [7, 11) is 0. The SMILES string of the molecule is Cc1cccc(NC(=O)CN2CCN(CC(=O)c3cc(C)n(C4CC4)c3C)CC2)c1C. The maximum atomic E-state index is 12.9. The Kier molecular flexibility index (Phi) is 6.30. The number of amides is 1. The molecule has 2 fully saturated rings. The molecule has 0 radical (unpaired) electrons. The van der Waals surface area contributed by atoms with Crippen LogP contribution in [0.3, 0.4) is 0 Å². The zero-order valence-electron chi connectivity index (χ0n) is 19.2. The molecule has 1 aliphatic heterocycles. The van der Waals surface area contributed by atoms with Gasteiger partial charge < -0.3 is 9.88 Å². The highest BCUT2D eigenvalue weighted by atomic mass is 16.2. The summed E-state index contributed by atoms with van der Waals surface area (Å²) in [6.45, 7) is 12.3. The van der Waals surface area contributed by atoms with E-state index in [0.717, 1.165) is 48.7 Å². The van der Waals surface area contributed by atoms with E-state index in [1.807, 2.05) is 19.1 Å². The summed E-state index contributed by atoms with van der Waals surface area (Å²) >= 11 is 0. The van der Waals surface area contributed by atoms with Crippen LogP contribution in [0.25, 0.3) is 0 Å². The number of aryl methyl sites for hydroxylation is 2. The fourth-order valence-electron chi connectivity index (χ4n) is 4.63. The van der Waals surface area contributed by atoms with E-state index in [1.54, 1.807) is 0 Å². The van der Waals surface area contributed by atoms with Crippen LogP contribution in [0.2, 0.25) is 0 Å². The highest BCUT2D eigenvalue weighted by molar-refractivity contribution is 5.99. The molecule has 31 heavy (non-hydrogen) atoms. The molecule has 1 N–H and O–H groups in total. The van der Waals surface area contributed by atoms with Crippen LogP contribution < -0.4 is 5.32 Å². The number of hydrogen-bond acceptors (Lipinski definition) is 4. The first-order chi connectivity index (χ1) is 14.8. The van der Waals surface area contributed by atoms with E-state index in [2.05, 4.69) is 52.6 Å². The van der Waals surface area contributed by atoms with Crippen molar-refractivity contribution >= 4 is 17.4 Å². The first kappa shape index (κ1) is 21.8. The van der Waals surface area contributed by atoms with Crippen molar-refractivity contribution in [3.05, 3.63) is 52.3 Å². The van der Waals surface area contributed by atoms with Gasteiger partial charge in [0.2, 0.25) is 5.91 Å². The van der Waals surface area contributed by atoms with Gasteiger partial charge in [-0.15, -0.1) is 0 Å². The zero-order valence-corrected chi connectivity index (χ0v) is 19.2. The van der Waals surface area contributed by atoms with Crippen molar-refractivity contribution in [3.8, 4) is 0 Å². The lowest BCUT2D eigenvalue weighted by atomic mass is 10.1. The Morgan fingerprint density at radius 3 is 2.26 bits per heavy atom. The Bertz CT molecular complexity index is 982. The molecule has 0 unspecified atom stereocenters. The summed E-state index contributed by atoms with van der Waals surface area (Å²) in [5.74, 6) is 0.229. The van der Waals surface area contributed by atoms with Crippen LogP contribution in [0, 0.1) is 27.7 Å². The summed E-state index contributed by atoms with van der Waals surface area (Å²) in [4.78, 5) is 29.8. The largest absolute Gasteiger partial charge is 0.345 e. The molecule has 1 amide bonds. The number of rotatable bonds is 7. The van der Waals surface area contributed by atoms with Gasteiger partial charge in [-0.05, 0) is 63.8 Å². The van der Waals surface area contributed by atoms with Gasteiger partial charge >= 0.3 is 0 Å². The Balaban J connectivity index is 1.26. The van der Waals surface area contributed by atoms with Crippen LogP contribution in [-0.2, 0) is 4.79 Å². The van der Waals surface area contributed by atoms with Crippen LogP contribution in [0.4, 0.5) is 5.69 Å². The lowest BCUT2D eigenvalue weighted by molar-refractivity contribution is -0.117. The van der Waals surface area contributed by atoms with Crippen LogP contribution in [-0.4, -0.2) is 65.3 Å². The van der Waals surface area contributed by atoms with Crippen LogP contribution in [0.15, 0.2) is 24.3 Å². The van der Waals surface area contributed by atoms with Gasteiger partial charge in [0.25, 0.3) is 0 Å². The molecule has 2 aromatic rings. The second-order valence-corrected chi connectivity index (χ2v) is 9.16. The molecular formula is C25H34N4O2. The van der Waals surface area contributed by atoms with Crippen molar-refractivity contribution in [2.45, 2.75) is 46.6 Å². The van der Waals surface area contributed by atoms with Crippen molar-refractivity contribution in [2.24, 2.45) is 0 Å². The van der Waals surface area contributed by atoms with E-state index in [0.29, 0.717) is 19.1 Å². The number of carbonyl (C=O) groups excluding carboxylic acids is 2. The van der Waals surface area contributed by atoms with Gasteiger partial charge in [0.15, 0.2) is 5.78 Å². The predicted molar refractivity (Wildman–Crippen MR) is 124 cm³/mol. The fourth-order valence-corrected chi connectivity index (χ4v) is 4.63. The Labute approximate surface area is 185 Å². The minimum Gasteiger partial charge on any atom is -0.345 e. The number of ketones is 1. The Morgan fingerprint density at radius 1 is 0.968 bits per heavy atom. The van der Waals surface area contributed by atoms with Gasteiger partial charge in [0.05, 0.1) is 13.1 Å². The summed E-state index contributed by atoms with van der Waals surface area (Å²) < 4.78 is 2.33. The third-order valence-corrected chi connectivity index (χ3v) is 6.77. The number of nitrogens with one attached hydrogen (secondary N) is 1. The molecule has 4 rings (SSSR count). The van der Waals surface area contributed by atoms with Gasteiger partial charge in [0.1, 0.15) is 0 Å². The van der Waals surface area contributed by atoms with E-state index in [9.17, 15) is 9.59 Å². The van der Waals surface area contributed by atoms with Crippen molar-refractivity contribution in [1.29, 1.82) is 0 Å². The number of aromatic nitrogens is 1. The Morgan fingerprint density at radius 2 is 1.61 bits per heavy atom. The van der Waals surface area contributed by atoms with Crippen molar-refractivity contribution < 1.29 is 9.59 Å². The van der Waals surface area contributed by atoms with Crippen LogP contribution >= 0.6 is 0 Å². The molecular weight excluding hydrogens is 388 g/mol. The average Bonchev–Trinajstić information content (AvgIpc) is 3.51. The quantitative estimate of drug-likeness (QED) is 0.694. The minimum atomic E-state index is 0.0192. The number of anilines is 1. The highest BCUT2D eigenvalue weighted by Crippen LogP contribution is 2.38. The first-order valence-electron chi connectivity index (χ1n) is 11.4. The number of carbonyl (C=O) groups is 2. The van der Waals surface area contributed by atoms with Crippen LogP contribution in [0.5, 0.6) is 0 Å². The predicted octanol–water partition coefficient (Wildman–Crippen LogP) is 3.50. The third kappa shape index (κ3) is 4.91. The number of hydrogen-bond donors (Lipinski definition) is 1. The smallest absolute Gasteiger partial charge is 0.238 e. The number of piperazine rings is 1. The highest BCUT2D eigenvalue weighted by Gasteiger charge is 2.29. The number of nitrogens with zero attached hydrogens (tertiary/aromatic N) is 3. The molecule has 6 nitrogen and oxygen atoms in total. The van der Waals surface area contributed by atoms with E-state index < -0.39 is 0 Å². The first-order valence-corrected chi connectivity index (χ1v) is 11.4. The van der Waals surface area contributed by atoms with Gasteiger partial charge in [-0.3, -0.25) is 19.4 Å². The molecule has 0 spiro atoms. The zero-order chi connectivity index (χ0) is 22.1. The van der Waals surface area contributed by atoms with Gasteiger partial charge in [0, 0.05) is 54.9 Å². The van der Waals surface area contributed by atoms with E-state index in [1.165, 1.54) is 24.1 Å². The van der Waals surface area contributed by atoms with Gasteiger partial charge in [-0.2, -0.15) is 0 Å².